The predicted molar refractivity (Wildman–Crippen MR) is 71.3 cm³/mol. The molecule has 2 aromatic rings. The number of aromatic nitrogens is 2. The van der Waals surface area contributed by atoms with Crippen LogP contribution < -0.4 is 5.32 Å². The molecule has 0 radical (unpaired) electrons. The van der Waals surface area contributed by atoms with Gasteiger partial charge in [-0.1, -0.05) is 12.1 Å². The number of nitrogens with one attached hydrogen (secondary N) is 2. The van der Waals surface area contributed by atoms with Crippen molar-refractivity contribution in [2.24, 2.45) is 0 Å². The van der Waals surface area contributed by atoms with E-state index < -0.39 is 11.7 Å². The molecule has 20 heavy (non-hydrogen) atoms. The average Bonchev–Trinajstić information content (AvgIpc) is 2.87. The van der Waals surface area contributed by atoms with Crippen molar-refractivity contribution in [3.05, 3.63) is 41.6 Å². The molecule has 0 saturated heterocycles. The van der Waals surface area contributed by atoms with Crippen LogP contribution in [0, 0.1) is 0 Å². The van der Waals surface area contributed by atoms with Crippen LogP contribution in [0.3, 0.4) is 0 Å². The van der Waals surface area contributed by atoms with Crippen LogP contribution in [-0.2, 0) is 12.6 Å². The van der Waals surface area contributed by atoms with Crippen LogP contribution in [0.1, 0.15) is 17.7 Å². The maximum absolute atomic E-state index is 12.7. The minimum Gasteiger partial charge on any atom is -0.320 e. The van der Waals surface area contributed by atoms with Crippen LogP contribution >= 0.6 is 0 Å². The van der Waals surface area contributed by atoms with E-state index in [-0.39, 0.29) is 0 Å². The Kier molecular flexibility index (Phi) is 4.44. The van der Waals surface area contributed by atoms with Crippen LogP contribution in [0.5, 0.6) is 0 Å². The molecule has 108 valence electrons. The summed E-state index contributed by atoms with van der Waals surface area (Å²) in [5.74, 6) is 0. The van der Waals surface area contributed by atoms with E-state index in [1.165, 1.54) is 6.07 Å². The number of hydrogen-bond donors (Lipinski definition) is 2. The van der Waals surface area contributed by atoms with Gasteiger partial charge in [-0.05, 0) is 44.6 Å². The predicted octanol–water partition coefficient (Wildman–Crippen LogP) is 3.25. The number of aromatic amines is 1. The Morgan fingerprint density at radius 2 is 2.05 bits per heavy atom. The first kappa shape index (κ1) is 14.6. The molecule has 2 N–H and O–H groups in total. The summed E-state index contributed by atoms with van der Waals surface area (Å²) in [7, 11) is 1.88. The van der Waals surface area contributed by atoms with E-state index >= 15 is 0 Å². The molecule has 0 amide bonds. The van der Waals surface area contributed by atoms with Crippen molar-refractivity contribution in [3.8, 4) is 11.3 Å². The number of halogens is 3. The molecular weight excluding hydrogens is 267 g/mol. The minimum atomic E-state index is -4.33. The van der Waals surface area contributed by atoms with E-state index in [0.717, 1.165) is 37.2 Å². The smallest absolute Gasteiger partial charge is 0.320 e. The molecule has 0 spiro atoms. The fourth-order valence-electron chi connectivity index (χ4n) is 1.95. The van der Waals surface area contributed by atoms with Crippen molar-refractivity contribution in [3.63, 3.8) is 0 Å². The van der Waals surface area contributed by atoms with Gasteiger partial charge in [0.25, 0.3) is 0 Å². The van der Waals surface area contributed by atoms with E-state index in [1.807, 2.05) is 7.05 Å². The molecule has 0 aliphatic heterocycles. The van der Waals surface area contributed by atoms with Gasteiger partial charge in [0, 0.05) is 11.3 Å². The summed E-state index contributed by atoms with van der Waals surface area (Å²) in [6, 6.07) is 7.00. The van der Waals surface area contributed by atoms with Gasteiger partial charge in [-0.3, -0.25) is 5.10 Å². The highest BCUT2D eigenvalue weighted by molar-refractivity contribution is 5.60. The standard InChI is InChI=1S/C14H16F3N3/c1-18-7-3-6-12-9-13(20-19-12)10-4-2-5-11(8-10)14(15,16)17/h2,4-5,8-9,18H,3,6-7H2,1H3,(H,19,20). The normalized spacial score (nSPS) is 11.8. The van der Waals surface area contributed by atoms with E-state index in [1.54, 1.807) is 12.1 Å². The highest BCUT2D eigenvalue weighted by Gasteiger charge is 2.30. The molecule has 0 bridgehead atoms. The summed E-state index contributed by atoms with van der Waals surface area (Å²) in [5.41, 5.74) is 1.27. The highest BCUT2D eigenvalue weighted by Crippen LogP contribution is 2.31. The quantitative estimate of drug-likeness (QED) is 0.827. The molecule has 0 saturated carbocycles. The van der Waals surface area contributed by atoms with Crippen LogP contribution in [0.15, 0.2) is 30.3 Å². The first-order chi connectivity index (χ1) is 9.50. The Hall–Kier alpha value is -1.82. The number of benzene rings is 1. The zero-order valence-corrected chi connectivity index (χ0v) is 11.1. The monoisotopic (exact) mass is 283 g/mol. The van der Waals surface area contributed by atoms with E-state index in [0.29, 0.717) is 11.3 Å². The van der Waals surface area contributed by atoms with Crippen molar-refractivity contribution in [1.29, 1.82) is 0 Å². The lowest BCUT2D eigenvalue weighted by molar-refractivity contribution is -0.137. The van der Waals surface area contributed by atoms with Gasteiger partial charge in [0.15, 0.2) is 0 Å². The third-order valence-corrected chi connectivity index (χ3v) is 2.99. The molecule has 0 unspecified atom stereocenters. The number of hydrogen-bond acceptors (Lipinski definition) is 2. The SMILES string of the molecule is CNCCCc1cc(-c2cccc(C(F)(F)F)c2)n[nH]1. The first-order valence-corrected chi connectivity index (χ1v) is 6.37. The van der Waals surface area contributed by atoms with Crippen molar-refractivity contribution in [1.82, 2.24) is 15.5 Å². The topological polar surface area (TPSA) is 40.7 Å². The molecule has 1 aromatic heterocycles. The van der Waals surface area contributed by atoms with Gasteiger partial charge < -0.3 is 5.32 Å². The van der Waals surface area contributed by atoms with Crippen molar-refractivity contribution in [2.45, 2.75) is 19.0 Å². The van der Waals surface area contributed by atoms with Crippen LogP contribution in [0.25, 0.3) is 11.3 Å². The second-order valence-corrected chi connectivity index (χ2v) is 4.56. The summed E-state index contributed by atoms with van der Waals surface area (Å²) in [6.07, 6.45) is -2.57. The zero-order valence-electron chi connectivity index (χ0n) is 11.1. The minimum absolute atomic E-state index is 0.468. The summed E-state index contributed by atoms with van der Waals surface area (Å²) in [4.78, 5) is 0. The third kappa shape index (κ3) is 3.60. The lowest BCUT2D eigenvalue weighted by atomic mass is 10.1. The highest BCUT2D eigenvalue weighted by atomic mass is 19.4. The van der Waals surface area contributed by atoms with Gasteiger partial charge >= 0.3 is 6.18 Å². The maximum Gasteiger partial charge on any atom is 0.416 e. The van der Waals surface area contributed by atoms with Gasteiger partial charge in [-0.15, -0.1) is 0 Å². The number of nitrogens with zero attached hydrogens (tertiary/aromatic N) is 1. The lowest BCUT2D eigenvalue weighted by Crippen LogP contribution is -2.08. The Balaban J connectivity index is 2.16. The third-order valence-electron chi connectivity index (χ3n) is 2.99. The maximum atomic E-state index is 12.7. The van der Waals surface area contributed by atoms with Crippen LogP contribution in [0.4, 0.5) is 13.2 Å². The van der Waals surface area contributed by atoms with Crippen molar-refractivity contribution < 1.29 is 13.2 Å². The van der Waals surface area contributed by atoms with Crippen LogP contribution in [0.2, 0.25) is 0 Å². The molecule has 0 atom stereocenters. The van der Waals surface area contributed by atoms with Gasteiger partial charge in [-0.25, -0.2) is 0 Å². The first-order valence-electron chi connectivity index (χ1n) is 6.37. The summed E-state index contributed by atoms with van der Waals surface area (Å²) >= 11 is 0. The van der Waals surface area contributed by atoms with Crippen LogP contribution in [-0.4, -0.2) is 23.8 Å². The van der Waals surface area contributed by atoms with Gasteiger partial charge in [0.1, 0.15) is 0 Å². The summed E-state index contributed by atoms with van der Waals surface area (Å²) in [6.45, 7) is 0.887. The second-order valence-electron chi connectivity index (χ2n) is 4.56. The Morgan fingerprint density at radius 1 is 1.25 bits per heavy atom. The molecule has 6 heteroatoms. The molecule has 2 rings (SSSR count). The Bertz CT molecular complexity index is 561. The molecule has 1 aromatic carbocycles. The van der Waals surface area contributed by atoms with Crippen molar-refractivity contribution in [2.75, 3.05) is 13.6 Å². The van der Waals surface area contributed by atoms with Gasteiger partial charge in [-0.2, -0.15) is 18.3 Å². The van der Waals surface area contributed by atoms with E-state index in [2.05, 4.69) is 15.5 Å². The fraction of sp³-hybridized carbons (Fsp3) is 0.357. The Morgan fingerprint density at radius 3 is 2.75 bits per heavy atom. The van der Waals surface area contributed by atoms with Crippen molar-refractivity contribution >= 4 is 0 Å². The van der Waals surface area contributed by atoms with E-state index in [9.17, 15) is 13.2 Å². The number of rotatable bonds is 5. The fourth-order valence-corrected chi connectivity index (χ4v) is 1.95. The van der Waals surface area contributed by atoms with Gasteiger partial charge in [0.2, 0.25) is 0 Å². The number of H-pyrrole nitrogens is 1. The number of aryl methyl sites for hydroxylation is 1. The zero-order chi connectivity index (χ0) is 14.6. The molecular formula is C14H16F3N3. The largest absolute Gasteiger partial charge is 0.416 e. The summed E-state index contributed by atoms with van der Waals surface area (Å²) < 4.78 is 38.0. The molecule has 0 aliphatic carbocycles. The number of alkyl halides is 3. The lowest BCUT2D eigenvalue weighted by Gasteiger charge is -2.07. The second kappa shape index (κ2) is 6.09. The molecule has 0 fully saturated rings. The average molecular weight is 283 g/mol. The van der Waals surface area contributed by atoms with E-state index in [4.69, 9.17) is 0 Å². The molecule has 1 heterocycles. The summed E-state index contributed by atoms with van der Waals surface area (Å²) in [5, 5.41) is 9.98. The Labute approximate surface area is 115 Å². The molecule has 0 aliphatic rings. The molecule has 3 nitrogen and oxygen atoms in total. The van der Waals surface area contributed by atoms with Gasteiger partial charge in [0.05, 0.1) is 11.3 Å².